The molecule has 1 aromatic heterocycles. The van der Waals surface area contributed by atoms with E-state index in [4.69, 9.17) is 0 Å². The lowest BCUT2D eigenvalue weighted by atomic mass is 10.2. The Morgan fingerprint density at radius 3 is 2.81 bits per heavy atom. The lowest BCUT2D eigenvalue weighted by Crippen LogP contribution is -2.27. The summed E-state index contributed by atoms with van der Waals surface area (Å²) in [7, 11) is 3.91. The van der Waals surface area contributed by atoms with Crippen molar-refractivity contribution in [2.75, 3.05) is 13.6 Å². The van der Waals surface area contributed by atoms with Gasteiger partial charge in [0, 0.05) is 39.0 Å². The summed E-state index contributed by atoms with van der Waals surface area (Å²) in [5, 5.41) is 0. The van der Waals surface area contributed by atoms with E-state index < -0.39 is 0 Å². The van der Waals surface area contributed by atoms with Gasteiger partial charge in [0.25, 0.3) is 0 Å². The smallest absolute Gasteiger partial charge is 0.222 e. The molecule has 0 saturated carbocycles. The summed E-state index contributed by atoms with van der Waals surface area (Å²) >= 11 is 0. The summed E-state index contributed by atoms with van der Waals surface area (Å²) in [6, 6.07) is 4.08. The molecule has 0 fully saturated rings. The molecule has 0 aromatic carbocycles. The molecular formula is C13H22N2O. The highest BCUT2D eigenvalue weighted by atomic mass is 16.2. The maximum absolute atomic E-state index is 11.8. The van der Waals surface area contributed by atoms with E-state index >= 15 is 0 Å². The van der Waals surface area contributed by atoms with Crippen molar-refractivity contribution in [2.24, 2.45) is 7.05 Å². The van der Waals surface area contributed by atoms with Gasteiger partial charge in [-0.3, -0.25) is 4.79 Å². The number of amides is 1. The second-order valence-corrected chi connectivity index (χ2v) is 4.28. The molecule has 3 nitrogen and oxygen atoms in total. The first kappa shape index (κ1) is 12.8. The molecule has 16 heavy (non-hydrogen) atoms. The van der Waals surface area contributed by atoms with Crippen LogP contribution in [0.3, 0.4) is 0 Å². The first-order chi connectivity index (χ1) is 7.65. The van der Waals surface area contributed by atoms with Crippen LogP contribution < -0.4 is 0 Å². The van der Waals surface area contributed by atoms with E-state index in [0.717, 1.165) is 25.8 Å². The molecule has 1 rings (SSSR count). The van der Waals surface area contributed by atoms with E-state index in [2.05, 4.69) is 17.6 Å². The molecule has 0 saturated heterocycles. The quantitative estimate of drug-likeness (QED) is 0.724. The largest absolute Gasteiger partial charge is 0.354 e. The molecule has 0 bridgehead atoms. The Balaban J connectivity index is 2.32. The van der Waals surface area contributed by atoms with Crippen LogP contribution in [0.5, 0.6) is 0 Å². The molecule has 90 valence electrons. The Labute approximate surface area is 98.1 Å². The minimum absolute atomic E-state index is 0.245. The molecule has 1 amide bonds. The van der Waals surface area contributed by atoms with E-state index in [1.165, 1.54) is 5.69 Å². The van der Waals surface area contributed by atoms with Crippen LogP contribution in [0.4, 0.5) is 0 Å². The van der Waals surface area contributed by atoms with Crippen LogP contribution >= 0.6 is 0 Å². The minimum atomic E-state index is 0.245. The fourth-order valence-corrected chi connectivity index (χ4v) is 1.70. The molecule has 0 spiro atoms. The second-order valence-electron chi connectivity index (χ2n) is 4.28. The lowest BCUT2D eigenvalue weighted by Gasteiger charge is -2.16. The molecule has 0 aliphatic carbocycles. The minimum Gasteiger partial charge on any atom is -0.354 e. The van der Waals surface area contributed by atoms with Crippen LogP contribution in [0.15, 0.2) is 18.3 Å². The molecule has 0 N–H and O–H groups in total. The van der Waals surface area contributed by atoms with Crippen LogP contribution in [0.1, 0.15) is 31.9 Å². The number of nitrogens with zero attached hydrogens (tertiary/aromatic N) is 2. The van der Waals surface area contributed by atoms with Crippen molar-refractivity contribution in [1.82, 2.24) is 9.47 Å². The number of carbonyl (C=O) groups excluding carboxylic acids is 1. The molecule has 3 heteroatoms. The second kappa shape index (κ2) is 6.36. The number of rotatable bonds is 6. The lowest BCUT2D eigenvalue weighted by molar-refractivity contribution is -0.129. The van der Waals surface area contributed by atoms with Gasteiger partial charge in [0.2, 0.25) is 5.91 Å². The van der Waals surface area contributed by atoms with Gasteiger partial charge in [-0.1, -0.05) is 13.3 Å². The predicted molar refractivity (Wildman–Crippen MR) is 66.3 cm³/mol. The van der Waals surface area contributed by atoms with Crippen LogP contribution in [-0.4, -0.2) is 29.0 Å². The average Bonchev–Trinajstić information content (AvgIpc) is 2.68. The Bertz CT molecular complexity index is 330. The standard InChI is InChI=1S/C13H22N2O/c1-4-5-10-15(3)13(16)9-8-12-7-6-11-14(12)2/h6-7,11H,4-5,8-10H2,1-3H3. The number of carbonyl (C=O) groups is 1. The van der Waals surface area contributed by atoms with Gasteiger partial charge in [-0.15, -0.1) is 0 Å². The molecule has 1 heterocycles. The number of aromatic nitrogens is 1. The number of hydrogen-bond acceptors (Lipinski definition) is 1. The van der Waals surface area contributed by atoms with Gasteiger partial charge in [-0.05, 0) is 25.0 Å². The van der Waals surface area contributed by atoms with E-state index in [1.807, 2.05) is 31.3 Å². The van der Waals surface area contributed by atoms with Gasteiger partial charge in [-0.25, -0.2) is 0 Å². The Hall–Kier alpha value is -1.25. The van der Waals surface area contributed by atoms with E-state index in [9.17, 15) is 4.79 Å². The number of hydrogen-bond donors (Lipinski definition) is 0. The van der Waals surface area contributed by atoms with E-state index in [1.54, 1.807) is 0 Å². The maximum atomic E-state index is 11.8. The summed E-state index contributed by atoms with van der Waals surface area (Å²) in [6.45, 7) is 3.02. The van der Waals surface area contributed by atoms with Gasteiger partial charge in [0.15, 0.2) is 0 Å². The monoisotopic (exact) mass is 222 g/mol. The summed E-state index contributed by atoms with van der Waals surface area (Å²) in [5.41, 5.74) is 1.22. The predicted octanol–water partition coefficient (Wildman–Crippen LogP) is 2.22. The topological polar surface area (TPSA) is 25.2 Å². The van der Waals surface area contributed by atoms with Crippen molar-refractivity contribution < 1.29 is 4.79 Å². The first-order valence-corrected chi connectivity index (χ1v) is 5.99. The summed E-state index contributed by atoms with van der Waals surface area (Å²) in [5.74, 6) is 0.245. The molecule has 0 atom stereocenters. The normalized spacial score (nSPS) is 10.4. The van der Waals surface area contributed by atoms with Crippen molar-refractivity contribution in [3.05, 3.63) is 24.0 Å². The summed E-state index contributed by atoms with van der Waals surface area (Å²) in [6.07, 6.45) is 5.68. The van der Waals surface area contributed by atoms with Crippen molar-refractivity contribution in [3.8, 4) is 0 Å². The average molecular weight is 222 g/mol. The molecule has 0 unspecified atom stereocenters. The zero-order chi connectivity index (χ0) is 12.0. The van der Waals surface area contributed by atoms with E-state index in [0.29, 0.717) is 6.42 Å². The third kappa shape index (κ3) is 3.72. The first-order valence-electron chi connectivity index (χ1n) is 5.99. The zero-order valence-corrected chi connectivity index (χ0v) is 10.6. The van der Waals surface area contributed by atoms with Crippen LogP contribution in [0, 0.1) is 0 Å². The highest BCUT2D eigenvalue weighted by Gasteiger charge is 2.08. The number of unbranched alkanes of at least 4 members (excludes halogenated alkanes) is 1. The molecule has 0 aliphatic heterocycles. The SMILES string of the molecule is CCCCN(C)C(=O)CCc1cccn1C. The van der Waals surface area contributed by atoms with Crippen LogP contribution in [-0.2, 0) is 18.3 Å². The number of aryl methyl sites for hydroxylation is 2. The summed E-state index contributed by atoms with van der Waals surface area (Å²) < 4.78 is 2.07. The van der Waals surface area contributed by atoms with Crippen molar-refractivity contribution in [2.45, 2.75) is 32.6 Å². The Kier molecular flexibility index (Phi) is 5.09. The van der Waals surface area contributed by atoms with Crippen molar-refractivity contribution in [1.29, 1.82) is 0 Å². The fourth-order valence-electron chi connectivity index (χ4n) is 1.70. The maximum Gasteiger partial charge on any atom is 0.222 e. The van der Waals surface area contributed by atoms with Crippen LogP contribution in [0.2, 0.25) is 0 Å². The summed E-state index contributed by atoms with van der Waals surface area (Å²) in [4.78, 5) is 13.6. The zero-order valence-electron chi connectivity index (χ0n) is 10.6. The van der Waals surface area contributed by atoms with Gasteiger partial charge >= 0.3 is 0 Å². The van der Waals surface area contributed by atoms with E-state index in [-0.39, 0.29) is 5.91 Å². The van der Waals surface area contributed by atoms with Crippen LogP contribution in [0.25, 0.3) is 0 Å². The Morgan fingerprint density at radius 1 is 1.50 bits per heavy atom. The third-order valence-corrected chi connectivity index (χ3v) is 2.92. The molecule has 0 aliphatic rings. The van der Waals surface area contributed by atoms with Crippen molar-refractivity contribution >= 4 is 5.91 Å². The fraction of sp³-hybridized carbons (Fsp3) is 0.615. The molecule has 0 radical (unpaired) electrons. The third-order valence-electron chi connectivity index (χ3n) is 2.92. The van der Waals surface area contributed by atoms with Gasteiger partial charge in [-0.2, -0.15) is 0 Å². The highest BCUT2D eigenvalue weighted by Crippen LogP contribution is 2.05. The molecule has 1 aromatic rings. The highest BCUT2D eigenvalue weighted by molar-refractivity contribution is 5.76. The van der Waals surface area contributed by atoms with Gasteiger partial charge < -0.3 is 9.47 Å². The Morgan fingerprint density at radius 2 is 2.25 bits per heavy atom. The molecular weight excluding hydrogens is 200 g/mol. The van der Waals surface area contributed by atoms with Gasteiger partial charge in [0.1, 0.15) is 0 Å². The van der Waals surface area contributed by atoms with Crippen molar-refractivity contribution in [3.63, 3.8) is 0 Å². The van der Waals surface area contributed by atoms with Gasteiger partial charge in [0.05, 0.1) is 0 Å².